The van der Waals surface area contributed by atoms with Gasteiger partial charge in [0.15, 0.2) is 6.61 Å². The van der Waals surface area contributed by atoms with Gasteiger partial charge in [-0.1, -0.05) is 11.6 Å². The third-order valence-corrected chi connectivity index (χ3v) is 3.82. The molecule has 0 aliphatic rings. The van der Waals surface area contributed by atoms with E-state index in [1.54, 1.807) is 6.07 Å². The van der Waals surface area contributed by atoms with E-state index in [2.05, 4.69) is 20.6 Å². The second-order valence-electron chi connectivity index (χ2n) is 5.49. The molecule has 0 bridgehead atoms. The number of ether oxygens (including phenoxy) is 1. The lowest BCUT2D eigenvalue weighted by atomic mass is 10.2. The van der Waals surface area contributed by atoms with Gasteiger partial charge >= 0.3 is 12.0 Å². The summed E-state index contributed by atoms with van der Waals surface area (Å²) in [4.78, 5) is 43.0. The number of nitrogens with zero attached hydrogens (tertiary/aromatic N) is 2. The van der Waals surface area contributed by atoms with Crippen molar-refractivity contribution in [3.05, 3.63) is 59.4 Å². The van der Waals surface area contributed by atoms with E-state index in [0.29, 0.717) is 11.0 Å². The van der Waals surface area contributed by atoms with Crippen LogP contribution in [0.5, 0.6) is 5.75 Å². The topological polar surface area (TPSA) is 131 Å². The average molecular weight is 401 g/mol. The first kappa shape index (κ1) is 19.1. The Balaban J connectivity index is 1.64. The maximum Gasteiger partial charge on any atom is 0.341 e. The average Bonchev–Trinajstić information content (AvgIpc) is 2.67. The molecule has 0 atom stereocenters. The molecule has 1 heterocycles. The number of urea groups is 1. The van der Waals surface area contributed by atoms with Crippen LogP contribution >= 0.6 is 11.6 Å². The van der Waals surface area contributed by atoms with Crippen LogP contribution < -0.4 is 15.4 Å². The molecule has 0 aliphatic carbocycles. The van der Waals surface area contributed by atoms with Crippen molar-refractivity contribution < 1.29 is 24.2 Å². The van der Waals surface area contributed by atoms with Crippen molar-refractivity contribution in [2.24, 2.45) is 0 Å². The molecule has 2 aromatic carbocycles. The van der Waals surface area contributed by atoms with E-state index in [1.807, 2.05) is 0 Å². The number of anilines is 1. The molecule has 0 saturated carbocycles. The van der Waals surface area contributed by atoms with Gasteiger partial charge in [-0.05, 0) is 30.3 Å². The number of halogens is 1. The SMILES string of the molecule is O=C(O)COc1ccc(NC(=O)NC(=O)c2ccc3nccnc3c2)c(Cl)c1. The number of fused-ring (bicyclic) bond motifs is 1. The largest absolute Gasteiger partial charge is 0.482 e. The van der Waals surface area contributed by atoms with E-state index in [1.165, 1.54) is 42.7 Å². The molecule has 0 saturated heterocycles. The monoisotopic (exact) mass is 400 g/mol. The lowest BCUT2D eigenvalue weighted by Gasteiger charge is -2.10. The number of hydrogen-bond donors (Lipinski definition) is 3. The van der Waals surface area contributed by atoms with Gasteiger partial charge in [0, 0.05) is 24.0 Å². The number of aliphatic carboxylic acids is 1. The number of amides is 3. The summed E-state index contributed by atoms with van der Waals surface area (Å²) in [6, 6.07) is 8.11. The third-order valence-electron chi connectivity index (χ3n) is 3.51. The van der Waals surface area contributed by atoms with Crippen molar-refractivity contribution in [1.29, 1.82) is 0 Å². The quantitative estimate of drug-likeness (QED) is 0.600. The summed E-state index contributed by atoms with van der Waals surface area (Å²) in [6.45, 7) is -0.520. The van der Waals surface area contributed by atoms with Crippen LogP contribution in [0.3, 0.4) is 0 Å². The molecule has 3 aromatic rings. The van der Waals surface area contributed by atoms with Crippen molar-refractivity contribution in [3.8, 4) is 5.75 Å². The first-order valence-corrected chi connectivity index (χ1v) is 8.27. The van der Waals surface area contributed by atoms with Gasteiger partial charge in [0.05, 0.1) is 21.7 Å². The molecule has 0 spiro atoms. The van der Waals surface area contributed by atoms with Crippen LogP contribution in [0.15, 0.2) is 48.8 Å². The van der Waals surface area contributed by atoms with Crippen LogP contribution in [-0.2, 0) is 4.79 Å². The zero-order valence-electron chi connectivity index (χ0n) is 14.2. The van der Waals surface area contributed by atoms with Crippen LogP contribution in [0, 0.1) is 0 Å². The molecular formula is C18H13ClN4O5. The molecular weight excluding hydrogens is 388 g/mol. The molecule has 0 unspecified atom stereocenters. The highest BCUT2D eigenvalue weighted by Crippen LogP contribution is 2.26. The zero-order chi connectivity index (χ0) is 20.1. The van der Waals surface area contributed by atoms with Gasteiger partial charge in [0.2, 0.25) is 0 Å². The highest BCUT2D eigenvalue weighted by Gasteiger charge is 2.13. The number of aromatic nitrogens is 2. The Morgan fingerprint density at radius 2 is 1.79 bits per heavy atom. The molecule has 0 fully saturated rings. The molecule has 3 N–H and O–H groups in total. The number of nitrogens with one attached hydrogen (secondary N) is 2. The Kier molecular flexibility index (Phi) is 5.66. The normalized spacial score (nSPS) is 10.3. The number of benzene rings is 2. The van der Waals surface area contributed by atoms with Gasteiger partial charge in [-0.2, -0.15) is 0 Å². The number of hydrogen-bond acceptors (Lipinski definition) is 6. The number of rotatable bonds is 5. The Morgan fingerprint density at radius 1 is 1.04 bits per heavy atom. The summed E-state index contributed by atoms with van der Waals surface area (Å²) < 4.78 is 4.99. The predicted octanol–water partition coefficient (Wildman–Crippen LogP) is 2.71. The van der Waals surface area contributed by atoms with Gasteiger partial charge < -0.3 is 15.2 Å². The number of carbonyl (C=O) groups is 3. The zero-order valence-corrected chi connectivity index (χ0v) is 14.9. The van der Waals surface area contributed by atoms with Gasteiger partial charge in [-0.25, -0.2) is 9.59 Å². The highest BCUT2D eigenvalue weighted by molar-refractivity contribution is 6.34. The van der Waals surface area contributed by atoms with Crippen LogP contribution in [0.4, 0.5) is 10.5 Å². The number of imide groups is 1. The molecule has 9 nitrogen and oxygen atoms in total. The maximum absolute atomic E-state index is 12.2. The van der Waals surface area contributed by atoms with Crippen LogP contribution in [0.2, 0.25) is 5.02 Å². The molecule has 3 rings (SSSR count). The summed E-state index contributed by atoms with van der Waals surface area (Å²) in [5, 5.41) is 13.3. The van der Waals surface area contributed by atoms with E-state index < -0.39 is 24.5 Å². The van der Waals surface area contributed by atoms with Crippen molar-refractivity contribution in [2.75, 3.05) is 11.9 Å². The Hall–Kier alpha value is -3.72. The summed E-state index contributed by atoms with van der Waals surface area (Å²) >= 11 is 6.04. The maximum atomic E-state index is 12.2. The molecule has 28 heavy (non-hydrogen) atoms. The summed E-state index contributed by atoms with van der Waals surface area (Å²) in [5.74, 6) is -1.52. The third kappa shape index (κ3) is 4.71. The van der Waals surface area contributed by atoms with Gasteiger partial charge in [-0.3, -0.25) is 20.1 Å². The van der Waals surface area contributed by atoms with Crippen LogP contribution in [0.25, 0.3) is 11.0 Å². The van der Waals surface area contributed by atoms with Crippen LogP contribution in [-0.4, -0.2) is 39.6 Å². The Labute approximate surface area is 163 Å². The van der Waals surface area contributed by atoms with Crippen molar-refractivity contribution in [3.63, 3.8) is 0 Å². The molecule has 0 aliphatic heterocycles. The van der Waals surface area contributed by atoms with Crippen molar-refractivity contribution in [2.45, 2.75) is 0 Å². The van der Waals surface area contributed by atoms with E-state index in [4.69, 9.17) is 21.4 Å². The minimum atomic E-state index is -1.13. The number of carboxylic acid groups (broad SMARTS) is 1. The summed E-state index contributed by atoms with van der Waals surface area (Å²) in [7, 11) is 0. The minimum Gasteiger partial charge on any atom is -0.482 e. The van der Waals surface area contributed by atoms with Gasteiger partial charge in [0.1, 0.15) is 5.75 Å². The highest BCUT2D eigenvalue weighted by atomic mass is 35.5. The van der Waals surface area contributed by atoms with E-state index in [9.17, 15) is 14.4 Å². The second kappa shape index (κ2) is 8.31. The summed E-state index contributed by atoms with van der Waals surface area (Å²) in [5.41, 5.74) is 1.61. The fourth-order valence-corrected chi connectivity index (χ4v) is 2.48. The van der Waals surface area contributed by atoms with Crippen molar-refractivity contribution >= 4 is 46.2 Å². The second-order valence-corrected chi connectivity index (χ2v) is 5.90. The molecule has 142 valence electrons. The lowest BCUT2D eigenvalue weighted by molar-refractivity contribution is -0.139. The minimum absolute atomic E-state index is 0.117. The van der Waals surface area contributed by atoms with E-state index in [0.717, 1.165) is 0 Å². The van der Waals surface area contributed by atoms with Gasteiger partial charge in [0.25, 0.3) is 5.91 Å². The molecule has 0 radical (unpaired) electrons. The molecule has 10 heteroatoms. The first-order valence-electron chi connectivity index (χ1n) is 7.89. The Bertz CT molecular complexity index is 1070. The van der Waals surface area contributed by atoms with E-state index in [-0.39, 0.29) is 22.0 Å². The molecule has 1 aromatic heterocycles. The number of carbonyl (C=O) groups excluding carboxylic acids is 2. The standard InChI is InChI=1S/C18H13ClN4O5/c19-12-8-11(28-9-16(24)25)2-4-13(12)22-18(27)23-17(26)10-1-3-14-15(7-10)21-6-5-20-14/h1-8H,9H2,(H,24,25)(H2,22,23,26,27). The lowest BCUT2D eigenvalue weighted by Crippen LogP contribution is -2.34. The van der Waals surface area contributed by atoms with Crippen molar-refractivity contribution in [1.82, 2.24) is 15.3 Å². The number of carboxylic acids is 1. The smallest absolute Gasteiger partial charge is 0.341 e. The van der Waals surface area contributed by atoms with Gasteiger partial charge in [-0.15, -0.1) is 0 Å². The fourth-order valence-electron chi connectivity index (χ4n) is 2.27. The van der Waals surface area contributed by atoms with E-state index >= 15 is 0 Å². The first-order chi connectivity index (χ1) is 13.4. The molecule has 3 amide bonds. The Morgan fingerprint density at radius 3 is 2.50 bits per heavy atom. The predicted molar refractivity (Wildman–Crippen MR) is 101 cm³/mol. The fraction of sp³-hybridized carbons (Fsp3) is 0.0556. The van der Waals surface area contributed by atoms with Crippen LogP contribution in [0.1, 0.15) is 10.4 Å². The summed E-state index contributed by atoms with van der Waals surface area (Å²) in [6.07, 6.45) is 3.04.